The molecule has 1 heterocycles. The molecule has 0 aromatic carbocycles. The zero-order valence-corrected chi connectivity index (χ0v) is 8.48. The van der Waals surface area contributed by atoms with Crippen molar-refractivity contribution in [2.45, 2.75) is 26.0 Å². The molecule has 0 spiro atoms. The molecule has 14 heavy (non-hydrogen) atoms. The van der Waals surface area contributed by atoms with Crippen LogP contribution in [0.15, 0.2) is 6.33 Å². The molecule has 0 radical (unpaired) electrons. The van der Waals surface area contributed by atoms with Gasteiger partial charge in [0.2, 0.25) is 0 Å². The Hall–Kier alpha value is -1.43. The lowest BCUT2D eigenvalue weighted by atomic mass is 10.1. The summed E-state index contributed by atoms with van der Waals surface area (Å²) in [6, 6.07) is 0. The van der Waals surface area contributed by atoms with Crippen LogP contribution in [0.1, 0.15) is 19.7 Å². The molecule has 0 saturated heterocycles. The van der Waals surface area contributed by atoms with Gasteiger partial charge in [-0.2, -0.15) is 5.10 Å². The SMILES string of the molecule is CN(Cc1ncn[nH]1)C(=O)C(C)(C)O. The van der Waals surface area contributed by atoms with E-state index in [1.54, 1.807) is 7.05 Å². The van der Waals surface area contributed by atoms with Gasteiger partial charge in [-0.05, 0) is 13.8 Å². The van der Waals surface area contributed by atoms with Gasteiger partial charge in [0.1, 0.15) is 17.8 Å². The molecule has 1 rings (SSSR count). The number of carbonyl (C=O) groups is 1. The Kier molecular flexibility index (Phi) is 2.85. The van der Waals surface area contributed by atoms with Gasteiger partial charge in [0.05, 0.1) is 6.54 Å². The highest BCUT2D eigenvalue weighted by atomic mass is 16.3. The number of aromatic amines is 1. The molecule has 0 aliphatic rings. The Morgan fingerprint density at radius 1 is 1.71 bits per heavy atom. The van der Waals surface area contributed by atoms with E-state index in [0.29, 0.717) is 12.4 Å². The summed E-state index contributed by atoms with van der Waals surface area (Å²) >= 11 is 0. The van der Waals surface area contributed by atoms with Crippen LogP contribution in [0.4, 0.5) is 0 Å². The van der Waals surface area contributed by atoms with E-state index in [9.17, 15) is 9.90 Å². The molecule has 78 valence electrons. The van der Waals surface area contributed by atoms with Gasteiger partial charge >= 0.3 is 0 Å². The smallest absolute Gasteiger partial charge is 0.254 e. The maximum absolute atomic E-state index is 11.5. The summed E-state index contributed by atoms with van der Waals surface area (Å²) in [5.74, 6) is 0.235. The predicted octanol–water partition coefficient (Wildman–Crippen LogP) is -0.466. The number of aromatic nitrogens is 3. The van der Waals surface area contributed by atoms with Crippen LogP contribution in [0, 0.1) is 0 Å². The Bertz CT molecular complexity index is 302. The number of rotatable bonds is 3. The van der Waals surface area contributed by atoms with E-state index in [1.807, 2.05) is 0 Å². The number of amides is 1. The molecule has 1 aromatic rings. The van der Waals surface area contributed by atoms with Crippen LogP contribution in [-0.2, 0) is 11.3 Å². The molecule has 0 aliphatic carbocycles. The van der Waals surface area contributed by atoms with Crippen molar-refractivity contribution in [3.8, 4) is 0 Å². The van der Waals surface area contributed by atoms with Crippen molar-refractivity contribution in [1.29, 1.82) is 0 Å². The molecule has 0 bridgehead atoms. The van der Waals surface area contributed by atoms with Crippen LogP contribution in [0.2, 0.25) is 0 Å². The normalized spacial score (nSPS) is 11.4. The Labute approximate surface area is 82.0 Å². The molecule has 1 aromatic heterocycles. The van der Waals surface area contributed by atoms with Crippen LogP contribution < -0.4 is 0 Å². The summed E-state index contributed by atoms with van der Waals surface area (Å²) in [5, 5.41) is 15.7. The fourth-order valence-electron chi connectivity index (χ4n) is 1.07. The van der Waals surface area contributed by atoms with Crippen LogP contribution in [-0.4, -0.2) is 43.7 Å². The monoisotopic (exact) mass is 198 g/mol. The number of likely N-dealkylation sites (N-methyl/N-ethyl adjacent to an activating group) is 1. The van der Waals surface area contributed by atoms with Crippen LogP contribution in [0.5, 0.6) is 0 Å². The lowest BCUT2D eigenvalue weighted by molar-refractivity contribution is -0.147. The summed E-state index contributed by atoms with van der Waals surface area (Å²) < 4.78 is 0. The van der Waals surface area contributed by atoms with Gasteiger partial charge in [-0.3, -0.25) is 9.89 Å². The zero-order valence-electron chi connectivity index (χ0n) is 8.48. The number of nitrogens with zero attached hydrogens (tertiary/aromatic N) is 3. The quantitative estimate of drug-likeness (QED) is 0.688. The number of carbonyl (C=O) groups excluding carboxylic acids is 1. The first-order chi connectivity index (χ1) is 6.41. The van der Waals surface area contributed by atoms with E-state index in [4.69, 9.17) is 0 Å². The minimum absolute atomic E-state index is 0.308. The van der Waals surface area contributed by atoms with Gasteiger partial charge in [0.25, 0.3) is 5.91 Å². The van der Waals surface area contributed by atoms with E-state index in [2.05, 4.69) is 15.2 Å². The third kappa shape index (κ3) is 2.53. The average Bonchev–Trinajstić information content (AvgIpc) is 2.53. The molecule has 0 saturated carbocycles. The fraction of sp³-hybridized carbons (Fsp3) is 0.625. The number of hydrogen-bond acceptors (Lipinski definition) is 4. The Morgan fingerprint density at radius 3 is 2.79 bits per heavy atom. The molecule has 6 nitrogen and oxygen atoms in total. The van der Waals surface area contributed by atoms with Gasteiger partial charge < -0.3 is 10.0 Å². The van der Waals surface area contributed by atoms with Crippen LogP contribution in [0.3, 0.4) is 0 Å². The zero-order chi connectivity index (χ0) is 10.8. The van der Waals surface area contributed by atoms with E-state index < -0.39 is 5.60 Å². The van der Waals surface area contributed by atoms with Gasteiger partial charge in [0, 0.05) is 7.05 Å². The second-order valence-electron chi connectivity index (χ2n) is 3.65. The van der Waals surface area contributed by atoms with Crippen molar-refractivity contribution in [3.63, 3.8) is 0 Å². The van der Waals surface area contributed by atoms with Crippen molar-refractivity contribution in [2.75, 3.05) is 7.05 Å². The van der Waals surface area contributed by atoms with E-state index in [0.717, 1.165) is 0 Å². The maximum atomic E-state index is 11.5. The number of aliphatic hydroxyl groups is 1. The second kappa shape index (κ2) is 3.75. The predicted molar refractivity (Wildman–Crippen MR) is 49.2 cm³/mol. The molecule has 1 amide bonds. The topological polar surface area (TPSA) is 82.1 Å². The Balaban J connectivity index is 2.59. The van der Waals surface area contributed by atoms with Crippen molar-refractivity contribution in [3.05, 3.63) is 12.2 Å². The molecule has 2 N–H and O–H groups in total. The van der Waals surface area contributed by atoms with Crippen molar-refractivity contribution in [2.24, 2.45) is 0 Å². The highest BCUT2D eigenvalue weighted by molar-refractivity contribution is 5.83. The summed E-state index contributed by atoms with van der Waals surface area (Å²) in [5.41, 5.74) is -1.35. The number of hydrogen-bond donors (Lipinski definition) is 2. The third-order valence-corrected chi connectivity index (χ3v) is 1.72. The average molecular weight is 198 g/mol. The van der Waals surface area contributed by atoms with Gasteiger partial charge in [-0.25, -0.2) is 4.98 Å². The van der Waals surface area contributed by atoms with E-state index in [-0.39, 0.29) is 5.91 Å². The lowest BCUT2D eigenvalue weighted by Gasteiger charge is -2.23. The lowest BCUT2D eigenvalue weighted by Crippen LogP contribution is -2.42. The summed E-state index contributed by atoms with van der Waals surface area (Å²) in [6.45, 7) is 3.21. The molecule has 0 unspecified atom stereocenters. The highest BCUT2D eigenvalue weighted by Crippen LogP contribution is 2.07. The van der Waals surface area contributed by atoms with Gasteiger partial charge in [-0.1, -0.05) is 0 Å². The standard InChI is InChI=1S/C8H14N4O2/c1-8(2,14)7(13)12(3)4-6-9-5-10-11-6/h5,14H,4H2,1-3H3,(H,9,10,11). The first-order valence-electron chi connectivity index (χ1n) is 4.23. The van der Waals surface area contributed by atoms with E-state index in [1.165, 1.54) is 25.1 Å². The molecular weight excluding hydrogens is 184 g/mol. The summed E-state index contributed by atoms with van der Waals surface area (Å²) in [4.78, 5) is 16.8. The molecule has 0 atom stereocenters. The molecule has 6 heteroatoms. The molecule has 0 fully saturated rings. The molecular formula is C8H14N4O2. The number of H-pyrrole nitrogens is 1. The molecule has 0 aliphatic heterocycles. The van der Waals surface area contributed by atoms with E-state index >= 15 is 0 Å². The second-order valence-corrected chi connectivity index (χ2v) is 3.65. The van der Waals surface area contributed by atoms with Crippen LogP contribution >= 0.6 is 0 Å². The summed E-state index contributed by atoms with van der Waals surface area (Å²) in [6.07, 6.45) is 1.37. The first kappa shape index (κ1) is 10.6. The third-order valence-electron chi connectivity index (χ3n) is 1.72. The van der Waals surface area contributed by atoms with Crippen molar-refractivity contribution in [1.82, 2.24) is 20.1 Å². The Morgan fingerprint density at radius 2 is 2.36 bits per heavy atom. The first-order valence-corrected chi connectivity index (χ1v) is 4.23. The largest absolute Gasteiger partial charge is 0.381 e. The minimum Gasteiger partial charge on any atom is -0.381 e. The highest BCUT2D eigenvalue weighted by Gasteiger charge is 2.27. The van der Waals surface area contributed by atoms with Crippen molar-refractivity contribution < 1.29 is 9.90 Å². The summed E-state index contributed by atoms with van der Waals surface area (Å²) in [7, 11) is 1.60. The van der Waals surface area contributed by atoms with Gasteiger partial charge in [-0.15, -0.1) is 0 Å². The maximum Gasteiger partial charge on any atom is 0.254 e. The van der Waals surface area contributed by atoms with Crippen molar-refractivity contribution >= 4 is 5.91 Å². The fourth-order valence-corrected chi connectivity index (χ4v) is 1.07. The van der Waals surface area contributed by atoms with Crippen LogP contribution in [0.25, 0.3) is 0 Å². The van der Waals surface area contributed by atoms with Gasteiger partial charge in [0.15, 0.2) is 0 Å². The number of nitrogens with one attached hydrogen (secondary N) is 1. The minimum atomic E-state index is -1.35.